The van der Waals surface area contributed by atoms with Crippen molar-refractivity contribution in [1.29, 1.82) is 0 Å². The Morgan fingerprint density at radius 3 is 2.31 bits per heavy atom. The van der Waals surface area contributed by atoms with Crippen LogP contribution in [0.1, 0.15) is 19.8 Å². The van der Waals surface area contributed by atoms with Crippen LogP contribution in [0.25, 0.3) is 0 Å². The van der Waals surface area contributed by atoms with E-state index >= 15 is 0 Å². The molecule has 0 spiro atoms. The highest BCUT2D eigenvalue weighted by atomic mass is 32.2. The zero-order valence-corrected chi connectivity index (χ0v) is 11.4. The third kappa shape index (κ3) is 9.98. The molecule has 0 aromatic carbocycles. The smallest absolute Gasteiger partial charge is 0.306 e. The SMILES string of the molecule is CCSC(=O)CCC(=O)OCC[N+](C)(C)C. The van der Waals surface area contributed by atoms with Crippen molar-refractivity contribution in [1.82, 2.24) is 0 Å². The lowest BCUT2D eigenvalue weighted by atomic mass is 10.3. The third-order valence-electron chi connectivity index (χ3n) is 1.86. The molecular formula is C11H22NO3S+. The molecule has 0 unspecified atom stereocenters. The van der Waals surface area contributed by atoms with Gasteiger partial charge in [-0.25, -0.2) is 0 Å². The number of likely N-dealkylation sites (N-methyl/N-ethyl adjacent to an activating group) is 1. The summed E-state index contributed by atoms with van der Waals surface area (Å²) in [4.78, 5) is 22.4. The van der Waals surface area contributed by atoms with Crippen LogP contribution in [0.15, 0.2) is 0 Å². The van der Waals surface area contributed by atoms with E-state index in [4.69, 9.17) is 4.74 Å². The highest BCUT2D eigenvalue weighted by Gasteiger charge is 2.11. The topological polar surface area (TPSA) is 43.4 Å². The van der Waals surface area contributed by atoms with Crippen LogP contribution in [0.2, 0.25) is 0 Å². The molecule has 94 valence electrons. The summed E-state index contributed by atoms with van der Waals surface area (Å²) in [5, 5.41) is 0.0612. The van der Waals surface area contributed by atoms with Crippen molar-refractivity contribution >= 4 is 22.8 Å². The maximum atomic E-state index is 11.2. The van der Waals surface area contributed by atoms with E-state index in [0.717, 1.165) is 16.8 Å². The third-order valence-corrected chi connectivity index (χ3v) is 2.68. The number of nitrogens with zero attached hydrogens (tertiary/aromatic N) is 1. The van der Waals surface area contributed by atoms with Gasteiger partial charge in [-0.05, 0) is 5.75 Å². The highest BCUT2D eigenvalue weighted by Crippen LogP contribution is 2.07. The molecule has 0 fully saturated rings. The van der Waals surface area contributed by atoms with Crippen molar-refractivity contribution in [2.75, 3.05) is 40.0 Å². The summed E-state index contributed by atoms with van der Waals surface area (Å²) in [6.07, 6.45) is 0.477. The van der Waals surface area contributed by atoms with E-state index in [1.54, 1.807) is 0 Å². The van der Waals surface area contributed by atoms with Gasteiger partial charge in [0, 0.05) is 6.42 Å². The van der Waals surface area contributed by atoms with Gasteiger partial charge in [0.05, 0.1) is 27.6 Å². The predicted molar refractivity (Wildman–Crippen MR) is 66.2 cm³/mol. The summed E-state index contributed by atoms with van der Waals surface area (Å²) in [6, 6.07) is 0. The van der Waals surface area contributed by atoms with Gasteiger partial charge in [-0.2, -0.15) is 0 Å². The second-order valence-electron chi connectivity index (χ2n) is 4.54. The number of thioether (sulfide) groups is 1. The maximum Gasteiger partial charge on any atom is 0.306 e. The van der Waals surface area contributed by atoms with Gasteiger partial charge in [0.2, 0.25) is 0 Å². The largest absolute Gasteiger partial charge is 0.460 e. The minimum Gasteiger partial charge on any atom is -0.460 e. The van der Waals surface area contributed by atoms with Crippen LogP contribution in [0.4, 0.5) is 0 Å². The zero-order chi connectivity index (χ0) is 12.6. The molecule has 0 rings (SSSR count). The lowest BCUT2D eigenvalue weighted by Crippen LogP contribution is -2.38. The molecule has 0 radical (unpaired) electrons. The number of quaternary nitrogens is 1. The van der Waals surface area contributed by atoms with Crippen molar-refractivity contribution in [3.05, 3.63) is 0 Å². The zero-order valence-electron chi connectivity index (χ0n) is 10.6. The molecule has 0 heterocycles. The number of hydrogen-bond donors (Lipinski definition) is 0. The summed E-state index contributed by atoms with van der Waals surface area (Å²) in [5.74, 6) is 0.480. The Hall–Kier alpha value is -0.550. The highest BCUT2D eigenvalue weighted by molar-refractivity contribution is 8.13. The van der Waals surface area contributed by atoms with E-state index in [2.05, 4.69) is 0 Å². The Kier molecular flexibility index (Phi) is 7.42. The number of carbonyl (C=O) groups is 2. The molecule has 0 saturated carbocycles. The van der Waals surface area contributed by atoms with E-state index < -0.39 is 0 Å². The molecule has 16 heavy (non-hydrogen) atoms. The molecule has 0 aromatic heterocycles. The van der Waals surface area contributed by atoms with Gasteiger partial charge in [-0.1, -0.05) is 18.7 Å². The Morgan fingerprint density at radius 2 is 1.81 bits per heavy atom. The van der Waals surface area contributed by atoms with Gasteiger partial charge in [-0.15, -0.1) is 0 Å². The van der Waals surface area contributed by atoms with Crippen LogP contribution in [0.5, 0.6) is 0 Å². The Labute approximate surface area is 102 Å². The predicted octanol–water partition coefficient (Wildman–Crippen LogP) is 1.30. The molecule has 5 heteroatoms. The van der Waals surface area contributed by atoms with Gasteiger partial charge < -0.3 is 9.22 Å². The van der Waals surface area contributed by atoms with Crippen LogP contribution in [0, 0.1) is 0 Å². The number of rotatable bonds is 7. The molecular weight excluding hydrogens is 226 g/mol. The van der Waals surface area contributed by atoms with Gasteiger partial charge in [0.1, 0.15) is 13.2 Å². The molecule has 0 bridgehead atoms. The van der Waals surface area contributed by atoms with Gasteiger partial charge in [-0.3, -0.25) is 9.59 Å². The fourth-order valence-corrected chi connectivity index (χ4v) is 1.51. The van der Waals surface area contributed by atoms with E-state index in [1.807, 2.05) is 28.1 Å². The molecule has 0 saturated heterocycles. The Morgan fingerprint density at radius 1 is 1.19 bits per heavy atom. The van der Waals surface area contributed by atoms with E-state index in [9.17, 15) is 9.59 Å². The lowest BCUT2D eigenvalue weighted by molar-refractivity contribution is -0.870. The van der Waals surface area contributed by atoms with Gasteiger partial charge >= 0.3 is 5.97 Å². The van der Waals surface area contributed by atoms with Crippen LogP contribution in [0.3, 0.4) is 0 Å². The number of hydrogen-bond acceptors (Lipinski definition) is 4. The minimum atomic E-state index is -0.279. The lowest BCUT2D eigenvalue weighted by Gasteiger charge is -2.23. The Bertz CT molecular complexity index is 236. The number of carbonyl (C=O) groups excluding carboxylic acids is 2. The first-order valence-corrected chi connectivity index (χ1v) is 6.45. The summed E-state index contributed by atoms with van der Waals surface area (Å²) in [7, 11) is 6.11. The molecule has 0 amide bonds. The summed E-state index contributed by atoms with van der Waals surface area (Å²) < 4.78 is 5.79. The van der Waals surface area contributed by atoms with Crippen molar-refractivity contribution in [3.8, 4) is 0 Å². The fraction of sp³-hybridized carbons (Fsp3) is 0.818. The summed E-state index contributed by atoms with van der Waals surface area (Å²) >= 11 is 1.25. The van der Waals surface area contributed by atoms with E-state index in [1.165, 1.54) is 11.8 Å². The molecule has 0 aliphatic carbocycles. The fourth-order valence-electron chi connectivity index (χ4n) is 0.943. The van der Waals surface area contributed by atoms with Crippen LogP contribution in [-0.4, -0.2) is 55.6 Å². The quantitative estimate of drug-likeness (QED) is 0.503. The monoisotopic (exact) mass is 248 g/mol. The van der Waals surface area contributed by atoms with Crippen LogP contribution < -0.4 is 0 Å². The summed E-state index contributed by atoms with van der Waals surface area (Å²) in [5.41, 5.74) is 0. The van der Waals surface area contributed by atoms with Gasteiger partial charge in [0.25, 0.3) is 0 Å². The van der Waals surface area contributed by atoms with Crippen molar-refractivity contribution in [2.45, 2.75) is 19.8 Å². The van der Waals surface area contributed by atoms with Crippen molar-refractivity contribution in [3.63, 3.8) is 0 Å². The number of esters is 1. The maximum absolute atomic E-state index is 11.2. The average Bonchev–Trinajstić information content (AvgIpc) is 2.13. The number of ether oxygens (including phenoxy) is 1. The van der Waals surface area contributed by atoms with Crippen LogP contribution >= 0.6 is 11.8 Å². The molecule has 0 aromatic rings. The molecule has 0 aliphatic rings. The standard InChI is InChI=1S/C11H22NO3S/c1-5-16-11(14)7-6-10(13)15-9-8-12(2,3)4/h5-9H2,1-4H3/q+1. The van der Waals surface area contributed by atoms with E-state index in [0.29, 0.717) is 6.61 Å². The first-order chi connectivity index (χ1) is 7.35. The second kappa shape index (κ2) is 7.68. The minimum absolute atomic E-state index is 0.0612. The first-order valence-electron chi connectivity index (χ1n) is 5.47. The second-order valence-corrected chi connectivity index (χ2v) is 5.86. The van der Waals surface area contributed by atoms with Crippen LogP contribution in [-0.2, 0) is 14.3 Å². The van der Waals surface area contributed by atoms with Crippen molar-refractivity contribution in [2.24, 2.45) is 0 Å². The normalized spacial score (nSPS) is 11.2. The van der Waals surface area contributed by atoms with E-state index in [-0.39, 0.29) is 23.9 Å². The summed E-state index contributed by atoms with van der Waals surface area (Å²) in [6.45, 7) is 3.11. The molecule has 0 N–H and O–H groups in total. The van der Waals surface area contributed by atoms with Gasteiger partial charge in [0.15, 0.2) is 5.12 Å². The molecule has 0 atom stereocenters. The molecule has 0 aliphatic heterocycles. The molecule has 4 nitrogen and oxygen atoms in total. The van der Waals surface area contributed by atoms with Crippen molar-refractivity contribution < 1.29 is 18.8 Å². The average molecular weight is 248 g/mol. The Balaban J connectivity index is 3.56. The first kappa shape index (κ1) is 15.4.